The smallest absolute Gasteiger partial charge is 0.410 e. The summed E-state index contributed by atoms with van der Waals surface area (Å²) in [4.78, 5) is 18.9. The van der Waals surface area contributed by atoms with Crippen molar-refractivity contribution in [2.45, 2.75) is 58.8 Å². The van der Waals surface area contributed by atoms with E-state index in [1.54, 1.807) is 4.90 Å². The highest BCUT2D eigenvalue weighted by Crippen LogP contribution is 2.31. The van der Waals surface area contributed by atoms with Gasteiger partial charge < -0.3 is 18.9 Å². The zero-order valence-corrected chi connectivity index (χ0v) is 16.2. The number of nitrogens with zero attached hydrogens (tertiary/aromatic N) is 3. The standard InChI is InChI=1S/C20H29N3O3/c1-5-25-14-23-17-9-7-6-8-16(17)21-18(23)15-10-12-22(13-11-15)19(24)26-20(2,3)4/h6-9,15H,5,10-14H2,1-4H3. The molecule has 0 atom stereocenters. The Balaban J connectivity index is 1.74. The summed E-state index contributed by atoms with van der Waals surface area (Å²) in [5, 5.41) is 0. The fourth-order valence-electron chi connectivity index (χ4n) is 3.37. The summed E-state index contributed by atoms with van der Waals surface area (Å²) in [5.74, 6) is 1.38. The molecule has 26 heavy (non-hydrogen) atoms. The van der Waals surface area contributed by atoms with Crippen molar-refractivity contribution in [3.63, 3.8) is 0 Å². The molecule has 0 unspecified atom stereocenters. The summed E-state index contributed by atoms with van der Waals surface area (Å²) in [6, 6.07) is 8.16. The molecule has 1 aromatic heterocycles. The lowest BCUT2D eigenvalue weighted by Crippen LogP contribution is -2.41. The highest BCUT2D eigenvalue weighted by molar-refractivity contribution is 5.76. The lowest BCUT2D eigenvalue weighted by Gasteiger charge is -2.33. The predicted molar refractivity (Wildman–Crippen MR) is 101 cm³/mol. The number of carbonyl (C=O) groups is 1. The molecule has 0 N–H and O–H groups in total. The van der Waals surface area contributed by atoms with Crippen LogP contribution >= 0.6 is 0 Å². The van der Waals surface area contributed by atoms with Crippen molar-refractivity contribution in [1.82, 2.24) is 14.5 Å². The molecular weight excluding hydrogens is 330 g/mol. The van der Waals surface area contributed by atoms with Gasteiger partial charge in [-0.25, -0.2) is 9.78 Å². The van der Waals surface area contributed by atoms with Crippen LogP contribution in [0.4, 0.5) is 4.79 Å². The molecule has 142 valence electrons. The van der Waals surface area contributed by atoms with Gasteiger partial charge in [-0.15, -0.1) is 0 Å². The molecule has 1 fully saturated rings. The molecule has 1 amide bonds. The first kappa shape index (κ1) is 18.7. The van der Waals surface area contributed by atoms with Gasteiger partial charge in [0.1, 0.15) is 18.2 Å². The maximum absolute atomic E-state index is 12.3. The molecule has 6 heteroatoms. The second-order valence-electron chi connectivity index (χ2n) is 7.75. The Morgan fingerprint density at radius 1 is 1.23 bits per heavy atom. The van der Waals surface area contributed by atoms with Crippen molar-refractivity contribution in [3.8, 4) is 0 Å². The van der Waals surface area contributed by atoms with Crippen LogP contribution in [-0.4, -0.2) is 45.8 Å². The molecule has 0 saturated carbocycles. The third kappa shape index (κ3) is 4.18. The zero-order chi connectivity index (χ0) is 18.7. The Kier molecular flexibility index (Phi) is 5.51. The number of para-hydroxylation sites is 2. The maximum Gasteiger partial charge on any atom is 0.410 e. The molecule has 3 rings (SSSR count). The van der Waals surface area contributed by atoms with E-state index in [2.05, 4.69) is 10.6 Å². The third-order valence-electron chi connectivity index (χ3n) is 4.62. The molecule has 0 aliphatic carbocycles. The van der Waals surface area contributed by atoms with Crippen LogP contribution in [0.5, 0.6) is 0 Å². The number of rotatable bonds is 4. The highest BCUT2D eigenvalue weighted by Gasteiger charge is 2.30. The Morgan fingerprint density at radius 2 is 1.92 bits per heavy atom. The largest absolute Gasteiger partial charge is 0.444 e. The second kappa shape index (κ2) is 7.66. The summed E-state index contributed by atoms with van der Waals surface area (Å²) in [7, 11) is 0. The summed E-state index contributed by atoms with van der Waals surface area (Å²) in [5.41, 5.74) is 1.64. The monoisotopic (exact) mass is 359 g/mol. The molecule has 2 heterocycles. The molecule has 1 aliphatic heterocycles. The van der Waals surface area contributed by atoms with Crippen molar-refractivity contribution >= 4 is 17.1 Å². The van der Waals surface area contributed by atoms with Gasteiger partial charge >= 0.3 is 6.09 Å². The van der Waals surface area contributed by atoms with Crippen molar-refractivity contribution < 1.29 is 14.3 Å². The maximum atomic E-state index is 12.3. The van der Waals surface area contributed by atoms with Gasteiger partial charge in [-0.2, -0.15) is 0 Å². The van der Waals surface area contributed by atoms with E-state index in [0.29, 0.717) is 32.3 Å². The minimum atomic E-state index is -0.459. The Hall–Kier alpha value is -2.08. The number of imidazole rings is 1. The van der Waals surface area contributed by atoms with Crippen molar-refractivity contribution in [1.29, 1.82) is 0 Å². The van der Waals surface area contributed by atoms with Crippen LogP contribution in [0.3, 0.4) is 0 Å². The number of fused-ring (bicyclic) bond motifs is 1. The average molecular weight is 359 g/mol. The lowest BCUT2D eigenvalue weighted by atomic mass is 9.96. The summed E-state index contributed by atoms with van der Waals surface area (Å²) in [6.07, 6.45) is 1.54. The fourth-order valence-corrected chi connectivity index (χ4v) is 3.37. The molecule has 2 aromatic rings. The molecule has 0 radical (unpaired) electrons. The summed E-state index contributed by atoms with van der Waals surface area (Å²) < 4.78 is 13.3. The number of benzene rings is 1. The van der Waals surface area contributed by atoms with Crippen LogP contribution in [0, 0.1) is 0 Å². The van der Waals surface area contributed by atoms with Crippen LogP contribution in [0.15, 0.2) is 24.3 Å². The lowest BCUT2D eigenvalue weighted by molar-refractivity contribution is 0.0199. The van der Waals surface area contributed by atoms with Crippen LogP contribution in [0.2, 0.25) is 0 Å². The van der Waals surface area contributed by atoms with Gasteiger partial charge in [-0.05, 0) is 52.7 Å². The molecular formula is C20H29N3O3. The quantitative estimate of drug-likeness (QED) is 0.823. The van der Waals surface area contributed by atoms with E-state index in [9.17, 15) is 4.79 Å². The number of ether oxygens (including phenoxy) is 2. The minimum Gasteiger partial charge on any atom is -0.444 e. The van der Waals surface area contributed by atoms with E-state index in [-0.39, 0.29) is 6.09 Å². The van der Waals surface area contributed by atoms with E-state index in [1.807, 2.05) is 45.9 Å². The van der Waals surface area contributed by atoms with Gasteiger partial charge in [0, 0.05) is 25.6 Å². The molecule has 0 spiro atoms. The van der Waals surface area contributed by atoms with Crippen LogP contribution in [0.1, 0.15) is 52.3 Å². The highest BCUT2D eigenvalue weighted by atomic mass is 16.6. The van der Waals surface area contributed by atoms with Gasteiger partial charge in [0.2, 0.25) is 0 Å². The van der Waals surface area contributed by atoms with Crippen molar-refractivity contribution in [3.05, 3.63) is 30.1 Å². The molecule has 6 nitrogen and oxygen atoms in total. The Labute approximate surface area is 155 Å². The number of carbonyl (C=O) groups excluding carboxylic acids is 1. The van der Waals surface area contributed by atoms with Gasteiger partial charge in [0.05, 0.1) is 11.0 Å². The van der Waals surface area contributed by atoms with Crippen LogP contribution in [-0.2, 0) is 16.2 Å². The van der Waals surface area contributed by atoms with E-state index in [1.165, 1.54) is 0 Å². The fraction of sp³-hybridized carbons (Fsp3) is 0.600. The normalized spacial score (nSPS) is 16.2. The van der Waals surface area contributed by atoms with Crippen molar-refractivity contribution in [2.24, 2.45) is 0 Å². The van der Waals surface area contributed by atoms with Crippen molar-refractivity contribution in [2.75, 3.05) is 19.7 Å². The van der Waals surface area contributed by atoms with Gasteiger partial charge in [-0.3, -0.25) is 0 Å². The molecule has 1 aromatic carbocycles. The van der Waals surface area contributed by atoms with Gasteiger partial charge in [-0.1, -0.05) is 12.1 Å². The Bertz CT molecular complexity index is 755. The number of hydrogen-bond acceptors (Lipinski definition) is 4. The molecule has 1 saturated heterocycles. The minimum absolute atomic E-state index is 0.223. The summed E-state index contributed by atoms with van der Waals surface area (Å²) in [6.45, 7) is 10.3. The average Bonchev–Trinajstić information content (AvgIpc) is 2.97. The van der Waals surface area contributed by atoms with Gasteiger partial charge in [0.25, 0.3) is 0 Å². The second-order valence-corrected chi connectivity index (χ2v) is 7.75. The summed E-state index contributed by atoms with van der Waals surface area (Å²) >= 11 is 0. The Morgan fingerprint density at radius 3 is 2.58 bits per heavy atom. The topological polar surface area (TPSA) is 56.6 Å². The molecule has 1 aliphatic rings. The number of aromatic nitrogens is 2. The first-order chi connectivity index (χ1) is 12.4. The third-order valence-corrected chi connectivity index (χ3v) is 4.62. The number of piperidine rings is 1. The molecule has 0 bridgehead atoms. The van der Waals surface area contributed by atoms with Gasteiger partial charge in [0.15, 0.2) is 0 Å². The van der Waals surface area contributed by atoms with E-state index in [4.69, 9.17) is 14.5 Å². The first-order valence-electron chi connectivity index (χ1n) is 9.40. The number of amides is 1. The predicted octanol–water partition coefficient (Wildman–Crippen LogP) is 4.14. The number of hydrogen-bond donors (Lipinski definition) is 0. The SMILES string of the molecule is CCOCn1c(C2CCN(C(=O)OC(C)(C)C)CC2)nc2ccccc21. The number of likely N-dealkylation sites (tertiary alicyclic amines) is 1. The first-order valence-corrected chi connectivity index (χ1v) is 9.40. The van der Waals surface area contributed by atoms with E-state index >= 15 is 0 Å². The van der Waals surface area contributed by atoms with E-state index < -0.39 is 5.60 Å². The zero-order valence-electron chi connectivity index (χ0n) is 16.2. The van der Waals surface area contributed by atoms with Crippen LogP contribution < -0.4 is 0 Å². The van der Waals surface area contributed by atoms with E-state index in [0.717, 1.165) is 29.7 Å². The van der Waals surface area contributed by atoms with Crippen LogP contribution in [0.25, 0.3) is 11.0 Å².